The number of hydrogen-bond acceptors (Lipinski definition) is 3. The molecule has 0 saturated carbocycles. The van der Waals surface area contributed by atoms with Crippen LogP contribution in [0.5, 0.6) is 0 Å². The average Bonchev–Trinajstić information content (AvgIpc) is 2.89. The van der Waals surface area contributed by atoms with Crippen molar-refractivity contribution in [1.29, 1.82) is 0 Å². The van der Waals surface area contributed by atoms with Crippen LogP contribution in [0, 0.1) is 0 Å². The first-order valence-corrected chi connectivity index (χ1v) is 7.40. The SMILES string of the molecule is CCC(O)CCNC(=O)c1ccc2c(c1)CCN2C(C)=O. The van der Waals surface area contributed by atoms with E-state index in [0.717, 1.165) is 17.7 Å². The largest absolute Gasteiger partial charge is 0.393 e. The van der Waals surface area contributed by atoms with E-state index in [4.69, 9.17) is 0 Å². The van der Waals surface area contributed by atoms with E-state index in [1.54, 1.807) is 17.9 Å². The molecule has 0 saturated heterocycles. The Morgan fingerprint density at radius 2 is 2.19 bits per heavy atom. The maximum atomic E-state index is 12.1. The minimum absolute atomic E-state index is 0.0273. The zero-order chi connectivity index (χ0) is 15.4. The minimum atomic E-state index is -0.366. The summed E-state index contributed by atoms with van der Waals surface area (Å²) in [5.74, 6) is -0.109. The van der Waals surface area contributed by atoms with Crippen LogP contribution in [0.2, 0.25) is 0 Å². The van der Waals surface area contributed by atoms with E-state index in [9.17, 15) is 14.7 Å². The Morgan fingerprint density at radius 1 is 1.43 bits per heavy atom. The van der Waals surface area contributed by atoms with Crippen LogP contribution in [0.25, 0.3) is 0 Å². The van der Waals surface area contributed by atoms with Crippen molar-refractivity contribution in [3.05, 3.63) is 29.3 Å². The van der Waals surface area contributed by atoms with E-state index < -0.39 is 0 Å². The molecule has 5 nitrogen and oxygen atoms in total. The molecule has 1 aromatic carbocycles. The van der Waals surface area contributed by atoms with Crippen molar-refractivity contribution in [2.45, 2.75) is 39.2 Å². The molecule has 0 radical (unpaired) electrons. The predicted octanol–water partition coefficient (Wildman–Crippen LogP) is 1.49. The third kappa shape index (κ3) is 3.61. The number of carbonyl (C=O) groups excluding carboxylic acids is 2. The fraction of sp³-hybridized carbons (Fsp3) is 0.500. The topological polar surface area (TPSA) is 69.6 Å². The molecule has 2 rings (SSSR count). The van der Waals surface area contributed by atoms with Gasteiger partial charge >= 0.3 is 0 Å². The Kier molecular flexibility index (Phi) is 4.96. The molecule has 21 heavy (non-hydrogen) atoms. The van der Waals surface area contributed by atoms with Gasteiger partial charge in [-0.25, -0.2) is 0 Å². The summed E-state index contributed by atoms with van der Waals surface area (Å²) in [6, 6.07) is 5.43. The van der Waals surface area contributed by atoms with Crippen molar-refractivity contribution in [3.8, 4) is 0 Å². The molecule has 0 spiro atoms. The third-order valence-corrected chi connectivity index (χ3v) is 3.85. The first-order chi connectivity index (χ1) is 10.0. The number of hydrogen-bond donors (Lipinski definition) is 2. The maximum absolute atomic E-state index is 12.1. The van der Waals surface area contributed by atoms with E-state index in [2.05, 4.69) is 5.32 Å². The van der Waals surface area contributed by atoms with Crippen molar-refractivity contribution < 1.29 is 14.7 Å². The standard InChI is InChI=1S/C16H22N2O3/c1-3-14(20)6-8-17-16(21)13-4-5-15-12(10-13)7-9-18(15)11(2)19/h4-5,10,14,20H,3,6-9H2,1-2H3,(H,17,21). The van der Waals surface area contributed by atoms with Crippen LogP contribution in [0.1, 0.15) is 42.6 Å². The summed E-state index contributed by atoms with van der Waals surface area (Å²) < 4.78 is 0. The highest BCUT2D eigenvalue weighted by Gasteiger charge is 2.23. The second-order valence-corrected chi connectivity index (χ2v) is 5.37. The summed E-state index contributed by atoms with van der Waals surface area (Å²) in [4.78, 5) is 25.3. The molecule has 1 atom stereocenters. The molecule has 1 aliphatic rings. The lowest BCUT2D eigenvalue weighted by Gasteiger charge is -2.15. The van der Waals surface area contributed by atoms with Gasteiger partial charge in [0.15, 0.2) is 0 Å². The summed E-state index contributed by atoms with van der Waals surface area (Å²) >= 11 is 0. The van der Waals surface area contributed by atoms with Gasteiger partial charge in [0.25, 0.3) is 5.91 Å². The van der Waals surface area contributed by atoms with Gasteiger partial charge < -0.3 is 15.3 Å². The Hall–Kier alpha value is -1.88. The fourth-order valence-corrected chi connectivity index (χ4v) is 2.53. The highest BCUT2D eigenvalue weighted by atomic mass is 16.3. The summed E-state index contributed by atoms with van der Waals surface area (Å²) in [6.07, 6.45) is 1.67. The molecule has 1 unspecified atom stereocenters. The molecular formula is C16H22N2O3. The molecule has 0 bridgehead atoms. The lowest BCUT2D eigenvalue weighted by atomic mass is 10.1. The minimum Gasteiger partial charge on any atom is -0.393 e. The predicted molar refractivity (Wildman–Crippen MR) is 81.4 cm³/mol. The number of aliphatic hydroxyl groups excluding tert-OH is 1. The molecule has 1 aliphatic heterocycles. The van der Waals surface area contributed by atoms with Gasteiger partial charge in [-0.2, -0.15) is 0 Å². The first kappa shape index (κ1) is 15.5. The van der Waals surface area contributed by atoms with Crippen LogP contribution in [-0.4, -0.2) is 36.1 Å². The van der Waals surface area contributed by atoms with Crippen molar-refractivity contribution in [2.75, 3.05) is 18.0 Å². The van der Waals surface area contributed by atoms with Crippen molar-refractivity contribution in [3.63, 3.8) is 0 Å². The highest BCUT2D eigenvalue weighted by molar-refractivity contribution is 5.97. The third-order valence-electron chi connectivity index (χ3n) is 3.85. The van der Waals surface area contributed by atoms with Crippen molar-refractivity contribution in [2.24, 2.45) is 0 Å². The first-order valence-electron chi connectivity index (χ1n) is 7.40. The van der Waals surface area contributed by atoms with Crippen molar-refractivity contribution in [1.82, 2.24) is 5.32 Å². The van der Waals surface area contributed by atoms with Crippen LogP contribution in [-0.2, 0) is 11.2 Å². The highest BCUT2D eigenvalue weighted by Crippen LogP contribution is 2.28. The number of nitrogens with zero attached hydrogens (tertiary/aromatic N) is 1. The quantitative estimate of drug-likeness (QED) is 0.863. The number of rotatable bonds is 5. The number of benzene rings is 1. The number of carbonyl (C=O) groups is 2. The van der Waals surface area contributed by atoms with Gasteiger partial charge in [0.05, 0.1) is 6.10 Å². The van der Waals surface area contributed by atoms with Crippen LogP contribution < -0.4 is 10.2 Å². The zero-order valence-corrected chi connectivity index (χ0v) is 12.6. The number of anilines is 1. The molecule has 114 valence electrons. The maximum Gasteiger partial charge on any atom is 0.251 e. The van der Waals surface area contributed by atoms with Crippen molar-refractivity contribution >= 4 is 17.5 Å². The molecule has 2 amide bonds. The monoisotopic (exact) mass is 290 g/mol. The lowest BCUT2D eigenvalue weighted by molar-refractivity contribution is -0.116. The van der Waals surface area contributed by atoms with Crippen LogP contribution in [0.15, 0.2) is 18.2 Å². The van der Waals surface area contributed by atoms with Gasteiger partial charge in [-0.15, -0.1) is 0 Å². The average molecular weight is 290 g/mol. The fourth-order valence-electron chi connectivity index (χ4n) is 2.53. The number of fused-ring (bicyclic) bond motifs is 1. The molecular weight excluding hydrogens is 268 g/mol. The normalized spacial score (nSPS) is 14.7. The second-order valence-electron chi connectivity index (χ2n) is 5.37. The van der Waals surface area contributed by atoms with Gasteiger partial charge in [-0.05, 0) is 43.0 Å². The summed E-state index contributed by atoms with van der Waals surface area (Å²) in [7, 11) is 0. The Labute approximate surface area is 125 Å². The van der Waals surface area contributed by atoms with E-state index in [1.807, 2.05) is 19.1 Å². The summed E-state index contributed by atoms with van der Waals surface area (Å²) in [6.45, 7) is 4.60. The molecule has 1 aromatic rings. The van der Waals surface area contributed by atoms with E-state index in [-0.39, 0.29) is 17.9 Å². The Bertz CT molecular complexity index is 542. The van der Waals surface area contributed by atoms with Crippen LogP contribution >= 0.6 is 0 Å². The Balaban J connectivity index is 1.99. The summed E-state index contributed by atoms with van der Waals surface area (Å²) in [5.41, 5.74) is 2.54. The lowest BCUT2D eigenvalue weighted by Crippen LogP contribution is -2.27. The van der Waals surface area contributed by atoms with E-state index in [0.29, 0.717) is 31.5 Å². The summed E-state index contributed by atoms with van der Waals surface area (Å²) in [5, 5.41) is 12.3. The number of nitrogens with one attached hydrogen (secondary N) is 1. The van der Waals surface area contributed by atoms with Gasteiger partial charge in [0.1, 0.15) is 0 Å². The molecule has 2 N–H and O–H groups in total. The number of aliphatic hydroxyl groups is 1. The second kappa shape index (κ2) is 6.72. The van der Waals surface area contributed by atoms with E-state index >= 15 is 0 Å². The molecule has 1 heterocycles. The molecule has 0 aliphatic carbocycles. The molecule has 0 fully saturated rings. The smallest absolute Gasteiger partial charge is 0.251 e. The zero-order valence-electron chi connectivity index (χ0n) is 12.6. The van der Waals surface area contributed by atoms with Gasteiger partial charge in [-0.3, -0.25) is 9.59 Å². The van der Waals surface area contributed by atoms with Crippen LogP contribution in [0.4, 0.5) is 5.69 Å². The number of amides is 2. The van der Waals surface area contributed by atoms with Gasteiger partial charge in [-0.1, -0.05) is 6.92 Å². The van der Waals surface area contributed by atoms with Gasteiger partial charge in [0.2, 0.25) is 5.91 Å². The van der Waals surface area contributed by atoms with Gasteiger partial charge in [0, 0.05) is 31.3 Å². The molecule has 0 aromatic heterocycles. The van der Waals surface area contributed by atoms with E-state index in [1.165, 1.54) is 0 Å². The molecule has 5 heteroatoms. The Morgan fingerprint density at radius 3 is 2.86 bits per heavy atom. The van der Waals surface area contributed by atoms with Crippen LogP contribution in [0.3, 0.4) is 0 Å².